The fourth-order valence-corrected chi connectivity index (χ4v) is 1.84. The summed E-state index contributed by atoms with van der Waals surface area (Å²) in [5, 5.41) is 0. The Labute approximate surface area is 140 Å². The van der Waals surface area contributed by atoms with E-state index in [1.165, 1.54) is 13.2 Å². The highest BCUT2D eigenvalue weighted by Crippen LogP contribution is 2.13. The van der Waals surface area contributed by atoms with Gasteiger partial charge in [0.25, 0.3) is 0 Å². The lowest BCUT2D eigenvalue weighted by atomic mass is 10.2. The molecule has 0 fully saturated rings. The van der Waals surface area contributed by atoms with Gasteiger partial charge >= 0.3 is 11.9 Å². The molecule has 0 N–H and O–H groups in total. The lowest BCUT2D eigenvalue weighted by Gasteiger charge is -2.05. The van der Waals surface area contributed by atoms with Crippen LogP contribution >= 0.6 is 0 Å². The van der Waals surface area contributed by atoms with Crippen molar-refractivity contribution in [1.29, 1.82) is 0 Å². The van der Waals surface area contributed by atoms with Crippen LogP contribution in [0.1, 0.15) is 15.9 Å². The third kappa shape index (κ3) is 5.70. The number of carbonyl (C=O) groups excluding carboxylic acids is 2. The van der Waals surface area contributed by atoms with Gasteiger partial charge in [0.1, 0.15) is 12.4 Å². The highest BCUT2D eigenvalue weighted by Gasteiger charge is 2.08. The first-order chi connectivity index (χ1) is 11.7. The number of hydrogen-bond donors (Lipinski definition) is 0. The molecule has 2 aromatic carbocycles. The van der Waals surface area contributed by atoms with Gasteiger partial charge in [-0.05, 0) is 35.9 Å². The van der Waals surface area contributed by atoms with Crippen molar-refractivity contribution in [3.8, 4) is 5.75 Å². The van der Waals surface area contributed by atoms with E-state index in [9.17, 15) is 9.59 Å². The van der Waals surface area contributed by atoms with E-state index in [0.717, 1.165) is 5.56 Å². The SMILES string of the molecule is COCCOC(=O)c1ccc(OC(=O)/C=C/c2ccccc2)cc1. The van der Waals surface area contributed by atoms with Gasteiger partial charge in [0.2, 0.25) is 0 Å². The molecule has 24 heavy (non-hydrogen) atoms. The number of hydrogen-bond acceptors (Lipinski definition) is 5. The van der Waals surface area contributed by atoms with Gasteiger partial charge in [-0.3, -0.25) is 0 Å². The number of benzene rings is 2. The van der Waals surface area contributed by atoms with Crippen molar-refractivity contribution < 1.29 is 23.8 Å². The topological polar surface area (TPSA) is 61.8 Å². The van der Waals surface area contributed by atoms with Crippen LogP contribution in [0.3, 0.4) is 0 Å². The Hall–Kier alpha value is -2.92. The standard InChI is InChI=1S/C19H18O5/c1-22-13-14-23-19(21)16-8-10-17(11-9-16)24-18(20)12-7-15-5-3-2-4-6-15/h2-12H,13-14H2,1H3/b12-7+. The molecule has 0 spiro atoms. The lowest BCUT2D eigenvalue weighted by molar-refractivity contribution is -0.128. The number of ether oxygens (including phenoxy) is 3. The maximum Gasteiger partial charge on any atom is 0.338 e. The molecule has 0 aliphatic carbocycles. The van der Waals surface area contributed by atoms with Gasteiger partial charge in [-0.1, -0.05) is 30.3 Å². The predicted octanol–water partition coefficient (Wildman–Crippen LogP) is 3.11. The van der Waals surface area contributed by atoms with Crippen LogP contribution in [0.5, 0.6) is 5.75 Å². The molecule has 0 bridgehead atoms. The summed E-state index contributed by atoms with van der Waals surface area (Å²) in [6, 6.07) is 15.6. The van der Waals surface area contributed by atoms with Crippen molar-refractivity contribution in [2.24, 2.45) is 0 Å². The largest absolute Gasteiger partial charge is 0.460 e. The van der Waals surface area contributed by atoms with Crippen molar-refractivity contribution in [3.63, 3.8) is 0 Å². The Balaban J connectivity index is 1.88. The zero-order chi connectivity index (χ0) is 17.2. The molecule has 124 valence electrons. The molecule has 0 radical (unpaired) electrons. The van der Waals surface area contributed by atoms with Crippen LogP contribution in [0.4, 0.5) is 0 Å². The molecule has 2 rings (SSSR count). The maximum atomic E-state index is 11.8. The molecule has 0 unspecified atom stereocenters. The first-order valence-electron chi connectivity index (χ1n) is 7.40. The Morgan fingerprint density at radius 1 is 0.958 bits per heavy atom. The molecule has 0 aliphatic rings. The second-order valence-corrected chi connectivity index (χ2v) is 4.82. The summed E-state index contributed by atoms with van der Waals surface area (Å²) in [6.07, 6.45) is 3.02. The minimum Gasteiger partial charge on any atom is -0.460 e. The van der Waals surface area contributed by atoms with Crippen molar-refractivity contribution in [1.82, 2.24) is 0 Å². The van der Waals surface area contributed by atoms with Gasteiger partial charge in [-0.15, -0.1) is 0 Å². The van der Waals surface area contributed by atoms with Crippen molar-refractivity contribution in [2.75, 3.05) is 20.3 Å². The monoisotopic (exact) mass is 326 g/mol. The predicted molar refractivity (Wildman–Crippen MR) is 89.7 cm³/mol. The molecule has 0 amide bonds. The molecule has 2 aromatic rings. The third-order valence-corrected chi connectivity index (χ3v) is 3.04. The quantitative estimate of drug-likeness (QED) is 0.339. The fourth-order valence-electron chi connectivity index (χ4n) is 1.84. The highest BCUT2D eigenvalue weighted by atomic mass is 16.6. The molecule has 5 nitrogen and oxygen atoms in total. The summed E-state index contributed by atoms with van der Waals surface area (Å²) in [5.74, 6) is -0.589. The van der Waals surface area contributed by atoms with Gasteiger partial charge in [-0.2, -0.15) is 0 Å². The average Bonchev–Trinajstić information content (AvgIpc) is 2.61. The van der Waals surface area contributed by atoms with Crippen LogP contribution in [0.25, 0.3) is 6.08 Å². The Morgan fingerprint density at radius 2 is 1.67 bits per heavy atom. The average molecular weight is 326 g/mol. The molecule has 5 heteroatoms. The van der Waals surface area contributed by atoms with E-state index in [0.29, 0.717) is 17.9 Å². The Kier molecular flexibility index (Phi) is 6.73. The van der Waals surface area contributed by atoms with Crippen molar-refractivity contribution in [3.05, 3.63) is 71.8 Å². The normalized spacial score (nSPS) is 10.5. The number of esters is 2. The van der Waals surface area contributed by atoms with Gasteiger partial charge in [0.15, 0.2) is 0 Å². The molecular weight excluding hydrogens is 308 g/mol. The van der Waals surface area contributed by atoms with Gasteiger partial charge in [-0.25, -0.2) is 9.59 Å². The Bertz CT molecular complexity index is 689. The summed E-state index contributed by atoms with van der Waals surface area (Å²) >= 11 is 0. The van der Waals surface area contributed by atoms with Gasteiger partial charge in [0, 0.05) is 13.2 Å². The van der Waals surface area contributed by atoms with Crippen LogP contribution in [0, 0.1) is 0 Å². The minimum absolute atomic E-state index is 0.191. The second kappa shape index (κ2) is 9.27. The van der Waals surface area contributed by atoms with Crippen LogP contribution in [0.15, 0.2) is 60.7 Å². The summed E-state index contributed by atoms with van der Waals surface area (Å²) in [5.41, 5.74) is 1.29. The van der Waals surface area contributed by atoms with E-state index >= 15 is 0 Å². The van der Waals surface area contributed by atoms with Crippen molar-refractivity contribution in [2.45, 2.75) is 0 Å². The molecular formula is C19H18O5. The van der Waals surface area contributed by atoms with Crippen molar-refractivity contribution >= 4 is 18.0 Å². The summed E-state index contributed by atoms with van der Waals surface area (Å²) in [7, 11) is 1.53. The number of carbonyl (C=O) groups is 2. The van der Waals surface area contributed by atoms with E-state index < -0.39 is 11.9 Å². The number of rotatable bonds is 7. The van der Waals surface area contributed by atoms with E-state index in [1.807, 2.05) is 30.3 Å². The van der Waals surface area contributed by atoms with Crippen LogP contribution in [-0.2, 0) is 14.3 Å². The lowest BCUT2D eigenvalue weighted by Crippen LogP contribution is -2.10. The highest BCUT2D eigenvalue weighted by molar-refractivity contribution is 5.90. The maximum absolute atomic E-state index is 11.8. The van der Waals surface area contributed by atoms with E-state index in [-0.39, 0.29) is 6.61 Å². The molecule has 0 atom stereocenters. The number of methoxy groups -OCH3 is 1. The zero-order valence-electron chi connectivity index (χ0n) is 13.3. The summed E-state index contributed by atoms with van der Waals surface area (Å²) in [6.45, 7) is 0.533. The van der Waals surface area contributed by atoms with E-state index in [1.54, 1.807) is 30.3 Å². The first kappa shape index (κ1) is 17.4. The van der Waals surface area contributed by atoms with Crippen LogP contribution in [-0.4, -0.2) is 32.3 Å². The van der Waals surface area contributed by atoms with Crippen LogP contribution in [0.2, 0.25) is 0 Å². The summed E-state index contributed by atoms with van der Waals surface area (Å²) in [4.78, 5) is 23.5. The van der Waals surface area contributed by atoms with Crippen LogP contribution < -0.4 is 4.74 Å². The zero-order valence-corrected chi connectivity index (χ0v) is 13.3. The van der Waals surface area contributed by atoms with Gasteiger partial charge in [0.05, 0.1) is 12.2 Å². The molecule has 0 aromatic heterocycles. The van der Waals surface area contributed by atoms with Gasteiger partial charge < -0.3 is 14.2 Å². The molecule has 0 saturated carbocycles. The molecule has 0 aliphatic heterocycles. The Morgan fingerprint density at radius 3 is 2.33 bits per heavy atom. The second-order valence-electron chi connectivity index (χ2n) is 4.82. The fraction of sp³-hybridized carbons (Fsp3) is 0.158. The van der Waals surface area contributed by atoms with E-state index in [2.05, 4.69) is 0 Å². The minimum atomic E-state index is -0.491. The molecule has 0 saturated heterocycles. The molecule has 0 heterocycles. The summed E-state index contributed by atoms with van der Waals surface area (Å²) < 4.78 is 15.0. The third-order valence-electron chi connectivity index (χ3n) is 3.04. The first-order valence-corrected chi connectivity index (χ1v) is 7.40. The van der Waals surface area contributed by atoms with E-state index in [4.69, 9.17) is 14.2 Å². The smallest absolute Gasteiger partial charge is 0.338 e.